The number of nitrogens with zero attached hydrogens (tertiary/aromatic N) is 1. The van der Waals surface area contributed by atoms with E-state index in [-0.39, 0.29) is 0 Å². The first-order valence-corrected chi connectivity index (χ1v) is 13.6. The van der Waals surface area contributed by atoms with E-state index < -0.39 is 0 Å². The lowest BCUT2D eigenvalue weighted by molar-refractivity contribution is -0.0152. The van der Waals surface area contributed by atoms with Crippen LogP contribution in [0.1, 0.15) is 71.1 Å². The molecule has 7 nitrogen and oxygen atoms in total. The summed E-state index contributed by atoms with van der Waals surface area (Å²) < 4.78 is 33.6. The summed E-state index contributed by atoms with van der Waals surface area (Å²) in [6.45, 7) is 12.7. The Morgan fingerprint density at radius 3 is 1.06 bits per heavy atom. The molecule has 1 heterocycles. The van der Waals surface area contributed by atoms with E-state index >= 15 is 0 Å². The lowest BCUT2D eigenvalue weighted by Crippen LogP contribution is -2.32. The van der Waals surface area contributed by atoms with Crippen LogP contribution in [0.4, 0.5) is 0 Å². The first-order valence-electron chi connectivity index (χ1n) is 13.6. The van der Waals surface area contributed by atoms with E-state index in [2.05, 4.69) is 11.8 Å². The van der Waals surface area contributed by atoms with Crippen LogP contribution in [-0.2, 0) is 28.4 Å². The van der Waals surface area contributed by atoms with Gasteiger partial charge < -0.3 is 28.4 Å². The molecule has 0 spiro atoms. The van der Waals surface area contributed by atoms with E-state index in [0.717, 1.165) is 32.8 Å². The standard InChI is InChI=1S/C26H53NO6/c1-2-3-4-5-6-7-8-9-10-11-12-27-13-15-28-17-19-30-21-23-32-25-26-33-24-22-31-20-18-29-16-14-27/h2-26H2,1H3. The molecule has 1 saturated heterocycles. The molecular formula is C26H53NO6. The molecule has 0 saturated carbocycles. The molecule has 0 atom stereocenters. The number of ether oxygens (including phenoxy) is 6. The van der Waals surface area contributed by atoms with Crippen molar-refractivity contribution in [3.8, 4) is 0 Å². The fourth-order valence-corrected chi connectivity index (χ4v) is 3.75. The second kappa shape index (κ2) is 26.3. The first kappa shape index (κ1) is 30.8. The molecule has 1 rings (SSSR count). The molecule has 7 heteroatoms. The summed E-state index contributed by atoms with van der Waals surface area (Å²) in [4.78, 5) is 2.47. The Labute approximate surface area is 203 Å². The Kier molecular flexibility index (Phi) is 24.5. The smallest absolute Gasteiger partial charge is 0.0701 e. The zero-order valence-electron chi connectivity index (χ0n) is 21.6. The van der Waals surface area contributed by atoms with Crippen molar-refractivity contribution in [3.05, 3.63) is 0 Å². The van der Waals surface area contributed by atoms with Gasteiger partial charge in [0, 0.05) is 13.1 Å². The van der Waals surface area contributed by atoms with E-state index in [0.29, 0.717) is 66.1 Å². The molecule has 0 radical (unpaired) electrons. The fourth-order valence-electron chi connectivity index (χ4n) is 3.75. The minimum absolute atomic E-state index is 0.581. The molecular weight excluding hydrogens is 422 g/mol. The van der Waals surface area contributed by atoms with Crippen molar-refractivity contribution in [2.45, 2.75) is 71.1 Å². The van der Waals surface area contributed by atoms with Crippen LogP contribution in [0.15, 0.2) is 0 Å². The molecule has 0 aliphatic carbocycles. The fraction of sp³-hybridized carbons (Fsp3) is 1.00. The molecule has 1 aliphatic rings. The van der Waals surface area contributed by atoms with Gasteiger partial charge in [0.1, 0.15) is 0 Å². The number of unbranched alkanes of at least 4 members (excludes halogenated alkanes) is 9. The quantitative estimate of drug-likeness (QED) is 0.412. The predicted molar refractivity (Wildman–Crippen MR) is 133 cm³/mol. The molecule has 0 unspecified atom stereocenters. The van der Waals surface area contributed by atoms with E-state index in [1.165, 1.54) is 64.2 Å². The zero-order valence-corrected chi connectivity index (χ0v) is 21.6. The maximum absolute atomic E-state index is 5.77. The summed E-state index contributed by atoms with van der Waals surface area (Å²) in [5, 5.41) is 0. The third-order valence-corrected chi connectivity index (χ3v) is 5.79. The Balaban J connectivity index is 2.15. The summed E-state index contributed by atoms with van der Waals surface area (Å²) in [5.41, 5.74) is 0. The highest BCUT2D eigenvalue weighted by atomic mass is 16.6. The molecule has 0 amide bonds. The predicted octanol–water partition coefficient (Wildman–Crippen LogP) is 4.32. The Hall–Kier alpha value is -0.280. The normalized spacial score (nSPS) is 20.3. The van der Waals surface area contributed by atoms with Gasteiger partial charge in [0.15, 0.2) is 0 Å². The van der Waals surface area contributed by atoms with Gasteiger partial charge in [0.25, 0.3) is 0 Å². The average Bonchev–Trinajstić information content (AvgIpc) is 2.82. The number of hydrogen-bond donors (Lipinski definition) is 0. The molecule has 0 aromatic rings. The van der Waals surface area contributed by atoms with Crippen molar-refractivity contribution >= 4 is 0 Å². The summed E-state index contributed by atoms with van der Waals surface area (Å²) in [5.74, 6) is 0. The Bertz CT molecular complexity index is 353. The van der Waals surface area contributed by atoms with Crippen molar-refractivity contribution in [3.63, 3.8) is 0 Å². The maximum Gasteiger partial charge on any atom is 0.0701 e. The van der Waals surface area contributed by atoms with Crippen molar-refractivity contribution < 1.29 is 28.4 Å². The molecule has 198 valence electrons. The highest BCUT2D eigenvalue weighted by molar-refractivity contribution is 4.59. The van der Waals surface area contributed by atoms with E-state index in [1.54, 1.807) is 0 Å². The maximum atomic E-state index is 5.77. The van der Waals surface area contributed by atoms with Crippen LogP contribution in [0.25, 0.3) is 0 Å². The Morgan fingerprint density at radius 2 is 0.697 bits per heavy atom. The lowest BCUT2D eigenvalue weighted by Gasteiger charge is -2.22. The van der Waals surface area contributed by atoms with Gasteiger partial charge in [-0.05, 0) is 13.0 Å². The van der Waals surface area contributed by atoms with Gasteiger partial charge in [-0.3, -0.25) is 4.90 Å². The van der Waals surface area contributed by atoms with E-state index in [9.17, 15) is 0 Å². The lowest BCUT2D eigenvalue weighted by atomic mass is 10.1. The summed E-state index contributed by atoms with van der Waals surface area (Å²) in [6, 6.07) is 0. The average molecular weight is 476 g/mol. The molecule has 0 aromatic carbocycles. The van der Waals surface area contributed by atoms with Crippen LogP contribution in [0.5, 0.6) is 0 Å². The minimum atomic E-state index is 0.581. The van der Waals surface area contributed by atoms with E-state index in [4.69, 9.17) is 28.4 Å². The molecule has 0 N–H and O–H groups in total. The van der Waals surface area contributed by atoms with Gasteiger partial charge in [-0.15, -0.1) is 0 Å². The molecule has 33 heavy (non-hydrogen) atoms. The molecule has 0 aromatic heterocycles. The van der Waals surface area contributed by atoms with Gasteiger partial charge in [-0.2, -0.15) is 0 Å². The number of rotatable bonds is 11. The summed E-state index contributed by atoms with van der Waals surface area (Å²) in [7, 11) is 0. The van der Waals surface area contributed by atoms with Crippen LogP contribution in [0.3, 0.4) is 0 Å². The molecule has 1 aliphatic heterocycles. The first-order chi connectivity index (χ1) is 16.4. The van der Waals surface area contributed by atoms with Crippen molar-refractivity contribution in [2.24, 2.45) is 0 Å². The highest BCUT2D eigenvalue weighted by Crippen LogP contribution is 2.10. The van der Waals surface area contributed by atoms with Crippen LogP contribution < -0.4 is 0 Å². The summed E-state index contributed by atoms with van der Waals surface area (Å²) >= 11 is 0. The van der Waals surface area contributed by atoms with Crippen LogP contribution in [-0.4, -0.2) is 104 Å². The van der Waals surface area contributed by atoms with Crippen LogP contribution >= 0.6 is 0 Å². The second-order valence-corrected chi connectivity index (χ2v) is 8.70. The summed E-state index contributed by atoms with van der Waals surface area (Å²) in [6.07, 6.45) is 13.7. The third-order valence-electron chi connectivity index (χ3n) is 5.79. The number of hydrogen-bond acceptors (Lipinski definition) is 7. The largest absolute Gasteiger partial charge is 0.378 e. The Morgan fingerprint density at radius 1 is 0.394 bits per heavy atom. The van der Waals surface area contributed by atoms with Gasteiger partial charge in [0.05, 0.1) is 79.3 Å². The van der Waals surface area contributed by atoms with Gasteiger partial charge in [-0.25, -0.2) is 0 Å². The van der Waals surface area contributed by atoms with Crippen molar-refractivity contribution in [1.29, 1.82) is 0 Å². The molecule has 0 bridgehead atoms. The minimum Gasteiger partial charge on any atom is -0.378 e. The van der Waals surface area contributed by atoms with Gasteiger partial charge in [-0.1, -0.05) is 64.7 Å². The van der Waals surface area contributed by atoms with Gasteiger partial charge in [0.2, 0.25) is 0 Å². The van der Waals surface area contributed by atoms with Gasteiger partial charge >= 0.3 is 0 Å². The SMILES string of the molecule is CCCCCCCCCCCCN1CCOCCOCCOCCOCCOCCOCC1. The monoisotopic (exact) mass is 475 g/mol. The zero-order chi connectivity index (χ0) is 23.5. The topological polar surface area (TPSA) is 58.6 Å². The molecule has 1 fully saturated rings. The highest BCUT2D eigenvalue weighted by Gasteiger charge is 2.06. The van der Waals surface area contributed by atoms with Crippen molar-refractivity contribution in [1.82, 2.24) is 4.90 Å². The van der Waals surface area contributed by atoms with E-state index in [1.807, 2.05) is 0 Å². The van der Waals surface area contributed by atoms with Crippen LogP contribution in [0, 0.1) is 0 Å². The second-order valence-electron chi connectivity index (χ2n) is 8.70. The van der Waals surface area contributed by atoms with Crippen molar-refractivity contribution in [2.75, 3.05) is 98.9 Å². The van der Waals surface area contributed by atoms with Crippen LogP contribution in [0.2, 0.25) is 0 Å². The third kappa shape index (κ3) is 23.2.